The number of benzene rings is 9. The molecule has 0 heteroatoms. The van der Waals surface area contributed by atoms with Gasteiger partial charge in [-0.25, -0.2) is 0 Å². The SMILES string of the molecule is c1ccc2c(c1)-c1ccccc1C21c2ccccc2-c2ccc(-c3cc4c5ccccc5c5ccccc5c4c4ccccc34)cc21. The van der Waals surface area contributed by atoms with Crippen molar-refractivity contribution in [2.75, 3.05) is 0 Å². The van der Waals surface area contributed by atoms with Gasteiger partial charge in [0, 0.05) is 0 Å². The minimum atomic E-state index is -0.356. The molecular weight excluding hydrogens is 565 g/mol. The Morgan fingerprint density at radius 3 is 1.23 bits per heavy atom. The molecule has 9 aromatic carbocycles. The predicted octanol–water partition coefficient (Wildman–Crippen LogP) is 12.3. The van der Waals surface area contributed by atoms with Crippen LogP contribution in [0.15, 0.2) is 170 Å². The van der Waals surface area contributed by atoms with E-state index in [2.05, 4.69) is 170 Å². The summed E-state index contributed by atoms with van der Waals surface area (Å²) in [6.07, 6.45) is 0. The molecule has 9 aromatic rings. The highest BCUT2D eigenvalue weighted by molar-refractivity contribution is 6.33. The first-order chi connectivity index (χ1) is 23.3. The molecule has 0 aliphatic heterocycles. The fourth-order valence-electron chi connectivity index (χ4n) is 9.27. The first kappa shape index (κ1) is 25.2. The van der Waals surface area contributed by atoms with E-state index in [1.807, 2.05) is 0 Å². The van der Waals surface area contributed by atoms with Gasteiger partial charge in [0.05, 0.1) is 5.41 Å². The van der Waals surface area contributed by atoms with Crippen LogP contribution in [0.3, 0.4) is 0 Å². The standard InChI is InChI=1S/C47H28/c1-2-15-32-30(13-1)31-14-3-5-20-38(31)46-39-21-6-4-16-33(39)40(28-41(32)46)29-25-26-37-36-19-9-12-24-44(36)47(45(37)27-29)42-22-10-7-17-34(42)35-18-8-11-23-43(35)47/h1-28H. The summed E-state index contributed by atoms with van der Waals surface area (Å²) >= 11 is 0. The van der Waals surface area contributed by atoms with Crippen molar-refractivity contribution < 1.29 is 0 Å². The summed E-state index contributed by atoms with van der Waals surface area (Å²) in [5.41, 5.74) is 13.0. The fraction of sp³-hybridized carbons (Fsp3) is 0.0213. The Morgan fingerprint density at radius 1 is 0.255 bits per heavy atom. The molecule has 0 saturated heterocycles. The van der Waals surface area contributed by atoms with Gasteiger partial charge in [0.1, 0.15) is 0 Å². The smallest absolute Gasteiger partial charge is 0.0619 e. The van der Waals surface area contributed by atoms with E-state index < -0.39 is 0 Å². The molecule has 0 saturated carbocycles. The molecule has 0 amide bonds. The molecule has 0 atom stereocenters. The topological polar surface area (TPSA) is 0 Å². The van der Waals surface area contributed by atoms with Crippen molar-refractivity contribution in [1.29, 1.82) is 0 Å². The Hall–Kier alpha value is -5.98. The second-order valence-electron chi connectivity index (χ2n) is 13.1. The molecule has 0 nitrogen and oxygen atoms in total. The molecule has 47 heavy (non-hydrogen) atoms. The van der Waals surface area contributed by atoms with Gasteiger partial charge in [0.15, 0.2) is 0 Å². The molecular formula is C47H28. The minimum absolute atomic E-state index is 0.356. The molecule has 2 aliphatic rings. The maximum Gasteiger partial charge on any atom is 0.0725 e. The summed E-state index contributed by atoms with van der Waals surface area (Å²) in [6, 6.07) is 63.7. The molecule has 0 radical (unpaired) electrons. The molecule has 0 bridgehead atoms. The number of fused-ring (bicyclic) bond motifs is 18. The highest BCUT2D eigenvalue weighted by Crippen LogP contribution is 2.63. The Labute approximate surface area is 273 Å². The number of rotatable bonds is 1. The van der Waals surface area contributed by atoms with Crippen LogP contribution in [-0.2, 0) is 5.41 Å². The van der Waals surface area contributed by atoms with Crippen LogP contribution < -0.4 is 0 Å². The molecule has 0 aromatic heterocycles. The average Bonchev–Trinajstić information content (AvgIpc) is 3.61. The van der Waals surface area contributed by atoms with E-state index in [1.54, 1.807) is 0 Å². The van der Waals surface area contributed by atoms with Crippen molar-refractivity contribution in [1.82, 2.24) is 0 Å². The van der Waals surface area contributed by atoms with Gasteiger partial charge in [-0.15, -0.1) is 0 Å². The lowest BCUT2D eigenvalue weighted by Gasteiger charge is -2.30. The lowest BCUT2D eigenvalue weighted by atomic mass is 9.70. The van der Waals surface area contributed by atoms with Gasteiger partial charge in [-0.1, -0.05) is 158 Å². The van der Waals surface area contributed by atoms with Crippen molar-refractivity contribution in [2.45, 2.75) is 5.41 Å². The maximum absolute atomic E-state index is 2.52. The normalized spacial score (nSPS) is 13.7. The van der Waals surface area contributed by atoms with E-state index in [9.17, 15) is 0 Å². The lowest BCUT2D eigenvalue weighted by Crippen LogP contribution is -2.25. The minimum Gasteiger partial charge on any atom is -0.0619 e. The Kier molecular flexibility index (Phi) is 4.86. The maximum atomic E-state index is 2.52. The first-order valence-electron chi connectivity index (χ1n) is 16.5. The summed E-state index contributed by atoms with van der Waals surface area (Å²) < 4.78 is 0. The average molecular weight is 593 g/mol. The van der Waals surface area contributed by atoms with Gasteiger partial charge in [-0.2, -0.15) is 0 Å². The third-order valence-corrected chi connectivity index (χ3v) is 11.1. The zero-order valence-corrected chi connectivity index (χ0v) is 25.7. The molecule has 2 aliphatic carbocycles. The largest absolute Gasteiger partial charge is 0.0725 e. The predicted molar refractivity (Wildman–Crippen MR) is 198 cm³/mol. The summed E-state index contributed by atoms with van der Waals surface area (Å²) in [7, 11) is 0. The molecule has 11 rings (SSSR count). The van der Waals surface area contributed by atoms with Crippen LogP contribution in [0.25, 0.3) is 76.5 Å². The van der Waals surface area contributed by atoms with Crippen LogP contribution in [0.4, 0.5) is 0 Å². The quantitative estimate of drug-likeness (QED) is 0.166. The molecule has 0 N–H and O–H groups in total. The fourth-order valence-corrected chi connectivity index (χ4v) is 9.27. The summed E-state index contributed by atoms with van der Waals surface area (Å²) in [5.74, 6) is 0. The second kappa shape index (κ2) is 9.06. The van der Waals surface area contributed by atoms with E-state index in [0.717, 1.165) is 0 Å². The van der Waals surface area contributed by atoms with Crippen LogP contribution >= 0.6 is 0 Å². The molecule has 1 spiro atoms. The Morgan fingerprint density at radius 2 is 0.660 bits per heavy atom. The van der Waals surface area contributed by atoms with Crippen LogP contribution in [0.5, 0.6) is 0 Å². The Balaban J connectivity index is 1.28. The van der Waals surface area contributed by atoms with Crippen molar-refractivity contribution >= 4 is 43.1 Å². The van der Waals surface area contributed by atoms with Crippen LogP contribution in [0.1, 0.15) is 22.3 Å². The van der Waals surface area contributed by atoms with E-state index in [1.165, 1.54) is 98.7 Å². The second-order valence-corrected chi connectivity index (χ2v) is 13.1. The summed E-state index contributed by atoms with van der Waals surface area (Å²) in [4.78, 5) is 0. The lowest BCUT2D eigenvalue weighted by molar-refractivity contribution is 0.794. The van der Waals surface area contributed by atoms with Gasteiger partial charge < -0.3 is 0 Å². The van der Waals surface area contributed by atoms with E-state index in [0.29, 0.717) is 0 Å². The van der Waals surface area contributed by atoms with Crippen molar-refractivity contribution in [2.24, 2.45) is 0 Å². The summed E-state index contributed by atoms with van der Waals surface area (Å²) in [6.45, 7) is 0. The molecule has 216 valence electrons. The highest BCUT2D eigenvalue weighted by atomic mass is 14.5. The van der Waals surface area contributed by atoms with E-state index in [4.69, 9.17) is 0 Å². The van der Waals surface area contributed by atoms with E-state index in [-0.39, 0.29) is 5.41 Å². The van der Waals surface area contributed by atoms with Gasteiger partial charge >= 0.3 is 0 Å². The van der Waals surface area contributed by atoms with Crippen LogP contribution in [-0.4, -0.2) is 0 Å². The van der Waals surface area contributed by atoms with Crippen LogP contribution in [0.2, 0.25) is 0 Å². The van der Waals surface area contributed by atoms with Crippen LogP contribution in [0, 0.1) is 0 Å². The molecule has 0 fully saturated rings. The molecule has 0 unspecified atom stereocenters. The van der Waals surface area contributed by atoms with Crippen molar-refractivity contribution in [3.8, 4) is 33.4 Å². The Bertz CT molecular complexity index is 2730. The van der Waals surface area contributed by atoms with Gasteiger partial charge in [0.25, 0.3) is 0 Å². The summed E-state index contributed by atoms with van der Waals surface area (Å²) in [5, 5.41) is 10.5. The third kappa shape index (κ3) is 3.08. The first-order valence-corrected chi connectivity index (χ1v) is 16.5. The third-order valence-electron chi connectivity index (χ3n) is 11.1. The molecule has 0 heterocycles. The van der Waals surface area contributed by atoms with E-state index >= 15 is 0 Å². The zero-order chi connectivity index (χ0) is 30.7. The van der Waals surface area contributed by atoms with Gasteiger partial charge in [-0.3, -0.25) is 0 Å². The monoisotopic (exact) mass is 592 g/mol. The zero-order valence-electron chi connectivity index (χ0n) is 25.7. The highest BCUT2D eigenvalue weighted by Gasteiger charge is 2.51. The van der Waals surface area contributed by atoms with Crippen molar-refractivity contribution in [3.63, 3.8) is 0 Å². The van der Waals surface area contributed by atoms with Gasteiger partial charge in [0.2, 0.25) is 0 Å². The number of hydrogen-bond acceptors (Lipinski definition) is 0. The van der Waals surface area contributed by atoms with Gasteiger partial charge in [-0.05, 0) is 111 Å². The number of hydrogen-bond donors (Lipinski definition) is 0. The van der Waals surface area contributed by atoms with Crippen molar-refractivity contribution in [3.05, 3.63) is 192 Å².